The second-order valence-electron chi connectivity index (χ2n) is 8.07. The summed E-state index contributed by atoms with van der Waals surface area (Å²) in [6.07, 6.45) is 0. The van der Waals surface area contributed by atoms with Gasteiger partial charge in [-0.1, -0.05) is 78.9 Å². The fourth-order valence-electron chi connectivity index (χ4n) is 4.22. The number of hydrogen-bond donors (Lipinski definition) is 0. The number of para-hydroxylation sites is 1. The maximum absolute atomic E-state index is 14.2. The van der Waals surface area contributed by atoms with Gasteiger partial charge in [-0.3, -0.25) is 4.79 Å². The fraction of sp³-hybridized carbons (Fsp3) is 0.167. The lowest BCUT2D eigenvalue weighted by Gasteiger charge is -2.33. The van der Waals surface area contributed by atoms with Gasteiger partial charge in [-0.05, 0) is 29.3 Å². The zero-order chi connectivity index (χ0) is 24.6. The zero-order valence-corrected chi connectivity index (χ0v) is 20.2. The molecule has 0 saturated heterocycles. The molecule has 0 atom stereocenters. The number of carbonyl (C=O) groups excluding carboxylic acids is 1. The molecule has 0 aromatic heterocycles. The third-order valence-electron chi connectivity index (χ3n) is 5.93. The highest BCUT2D eigenvalue weighted by atomic mass is 16.5. The summed E-state index contributed by atoms with van der Waals surface area (Å²) in [5, 5.41) is 0. The minimum Gasteiger partial charge on any atom is -0.497 e. The summed E-state index contributed by atoms with van der Waals surface area (Å²) in [5.74, 6) is 1.70. The average molecular weight is 468 g/mol. The summed E-state index contributed by atoms with van der Waals surface area (Å²) >= 11 is 0. The average Bonchev–Trinajstić information content (AvgIpc) is 2.93. The third kappa shape index (κ3) is 5.46. The van der Waals surface area contributed by atoms with Crippen molar-refractivity contribution in [3.63, 3.8) is 0 Å². The Bertz CT molecular complexity index is 1200. The second kappa shape index (κ2) is 11.3. The summed E-state index contributed by atoms with van der Waals surface area (Å²) in [5.41, 5.74) is 3.41. The lowest BCUT2D eigenvalue weighted by atomic mass is 9.95. The number of carbonyl (C=O) groups is 1. The normalized spacial score (nSPS) is 10.6. The molecular formula is C30H29NO4. The van der Waals surface area contributed by atoms with E-state index in [0.29, 0.717) is 23.6 Å². The molecular weight excluding hydrogens is 438 g/mol. The number of ether oxygens (including phenoxy) is 3. The van der Waals surface area contributed by atoms with E-state index in [4.69, 9.17) is 14.2 Å². The van der Waals surface area contributed by atoms with Gasteiger partial charge in [0.25, 0.3) is 5.91 Å². The Morgan fingerprint density at radius 3 is 1.71 bits per heavy atom. The van der Waals surface area contributed by atoms with Crippen LogP contribution in [0, 0.1) is 0 Å². The van der Waals surface area contributed by atoms with Crippen molar-refractivity contribution in [1.82, 2.24) is 4.90 Å². The molecule has 4 aromatic rings. The second-order valence-corrected chi connectivity index (χ2v) is 8.07. The van der Waals surface area contributed by atoms with Crippen LogP contribution in [0.4, 0.5) is 0 Å². The summed E-state index contributed by atoms with van der Waals surface area (Å²) in [6.45, 7) is 0.344. The van der Waals surface area contributed by atoms with Crippen molar-refractivity contribution in [2.75, 3.05) is 21.3 Å². The first-order valence-corrected chi connectivity index (χ1v) is 11.4. The third-order valence-corrected chi connectivity index (χ3v) is 5.93. The Morgan fingerprint density at radius 1 is 0.686 bits per heavy atom. The van der Waals surface area contributed by atoms with Crippen LogP contribution in [0.5, 0.6) is 17.2 Å². The molecule has 0 N–H and O–H groups in total. The molecule has 0 aliphatic carbocycles. The van der Waals surface area contributed by atoms with Gasteiger partial charge in [-0.15, -0.1) is 0 Å². The molecule has 178 valence electrons. The maximum atomic E-state index is 14.2. The van der Waals surface area contributed by atoms with Gasteiger partial charge in [-0.2, -0.15) is 0 Å². The Kier molecular flexibility index (Phi) is 7.68. The van der Waals surface area contributed by atoms with E-state index in [1.54, 1.807) is 39.5 Å². The minimum absolute atomic E-state index is 0.147. The first-order chi connectivity index (χ1) is 17.1. The van der Waals surface area contributed by atoms with Crippen LogP contribution >= 0.6 is 0 Å². The number of rotatable bonds is 9. The van der Waals surface area contributed by atoms with Crippen molar-refractivity contribution in [2.24, 2.45) is 0 Å². The van der Waals surface area contributed by atoms with Crippen LogP contribution in [0.1, 0.15) is 33.1 Å². The highest BCUT2D eigenvalue weighted by Gasteiger charge is 2.29. The summed E-state index contributed by atoms with van der Waals surface area (Å²) in [7, 11) is 4.79. The monoisotopic (exact) mass is 467 g/mol. The Labute approximate surface area is 206 Å². The molecule has 0 unspecified atom stereocenters. The van der Waals surface area contributed by atoms with Gasteiger partial charge < -0.3 is 19.1 Å². The Balaban J connectivity index is 1.88. The highest BCUT2D eigenvalue weighted by Crippen LogP contribution is 2.34. The molecule has 0 aliphatic rings. The van der Waals surface area contributed by atoms with E-state index in [1.807, 2.05) is 89.8 Å². The quantitative estimate of drug-likeness (QED) is 0.296. The SMILES string of the molecule is COc1cc(OC)cc(C(=O)N(Cc2ccccc2OC)C(c2ccccc2)c2ccccc2)c1. The minimum atomic E-state index is -0.327. The van der Waals surface area contributed by atoms with Gasteiger partial charge in [0.2, 0.25) is 0 Å². The molecule has 5 heteroatoms. The fourth-order valence-corrected chi connectivity index (χ4v) is 4.22. The van der Waals surface area contributed by atoms with Crippen molar-refractivity contribution in [1.29, 1.82) is 0 Å². The number of methoxy groups -OCH3 is 3. The molecule has 1 amide bonds. The van der Waals surface area contributed by atoms with Gasteiger partial charge in [0.1, 0.15) is 17.2 Å². The molecule has 4 rings (SSSR count). The lowest BCUT2D eigenvalue weighted by molar-refractivity contribution is 0.0688. The molecule has 0 heterocycles. The van der Waals surface area contributed by atoms with E-state index in [0.717, 1.165) is 22.4 Å². The van der Waals surface area contributed by atoms with Crippen molar-refractivity contribution in [3.05, 3.63) is 125 Å². The number of benzene rings is 4. The van der Waals surface area contributed by atoms with Crippen LogP contribution in [-0.2, 0) is 6.54 Å². The van der Waals surface area contributed by atoms with E-state index in [9.17, 15) is 4.79 Å². The van der Waals surface area contributed by atoms with Gasteiger partial charge in [0.15, 0.2) is 0 Å². The van der Waals surface area contributed by atoms with Crippen LogP contribution < -0.4 is 14.2 Å². The first kappa shape index (κ1) is 23.9. The van der Waals surface area contributed by atoms with Gasteiger partial charge in [-0.25, -0.2) is 0 Å². The van der Waals surface area contributed by atoms with Crippen molar-refractivity contribution in [2.45, 2.75) is 12.6 Å². The van der Waals surface area contributed by atoms with Gasteiger partial charge >= 0.3 is 0 Å². The summed E-state index contributed by atoms with van der Waals surface area (Å²) < 4.78 is 16.5. The number of nitrogens with zero attached hydrogens (tertiary/aromatic N) is 1. The predicted molar refractivity (Wildman–Crippen MR) is 137 cm³/mol. The van der Waals surface area contributed by atoms with Crippen LogP contribution in [-0.4, -0.2) is 32.1 Å². The predicted octanol–water partition coefficient (Wildman–Crippen LogP) is 6.14. The maximum Gasteiger partial charge on any atom is 0.255 e. The van der Waals surface area contributed by atoms with Crippen LogP contribution in [0.2, 0.25) is 0 Å². The Morgan fingerprint density at radius 2 is 1.20 bits per heavy atom. The molecule has 4 aromatic carbocycles. The van der Waals surface area contributed by atoms with E-state index >= 15 is 0 Å². The van der Waals surface area contributed by atoms with E-state index in [1.165, 1.54) is 0 Å². The van der Waals surface area contributed by atoms with Crippen molar-refractivity contribution < 1.29 is 19.0 Å². The smallest absolute Gasteiger partial charge is 0.255 e. The molecule has 5 nitrogen and oxygen atoms in total. The van der Waals surface area contributed by atoms with Gasteiger partial charge in [0.05, 0.1) is 33.9 Å². The lowest BCUT2D eigenvalue weighted by Crippen LogP contribution is -2.35. The number of hydrogen-bond acceptors (Lipinski definition) is 4. The van der Waals surface area contributed by atoms with E-state index in [-0.39, 0.29) is 11.9 Å². The van der Waals surface area contributed by atoms with E-state index < -0.39 is 0 Å². The summed E-state index contributed by atoms with van der Waals surface area (Å²) in [6, 6.07) is 32.8. The van der Waals surface area contributed by atoms with E-state index in [2.05, 4.69) is 0 Å². The van der Waals surface area contributed by atoms with Gasteiger partial charge in [0, 0.05) is 17.2 Å². The molecule has 0 aliphatic heterocycles. The topological polar surface area (TPSA) is 48.0 Å². The standard InChI is InChI=1S/C30H29NO4/c1-33-26-18-25(19-27(20-26)34-2)30(32)31(21-24-16-10-11-17-28(24)35-3)29(22-12-6-4-7-13-22)23-14-8-5-9-15-23/h4-20,29H,21H2,1-3H3. The van der Waals surface area contributed by atoms with Crippen LogP contribution in [0.3, 0.4) is 0 Å². The molecule has 0 fully saturated rings. The van der Waals surface area contributed by atoms with Crippen molar-refractivity contribution >= 4 is 5.91 Å². The molecule has 35 heavy (non-hydrogen) atoms. The number of amides is 1. The van der Waals surface area contributed by atoms with Crippen LogP contribution in [0.15, 0.2) is 103 Å². The molecule has 0 bridgehead atoms. The molecule has 0 saturated carbocycles. The molecule has 0 spiro atoms. The highest BCUT2D eigenvalue weighted by molar-refractivity contribution is 5.95. The van der Waals surface area contributed by atoms with Crippen LogP contribution in [0.25, 0.3) is 0 Å². The zero-order valence-electron chi connectivity index (χ0n) is 20.2. The molecule has 0 radical (unpaired) electrons. The first-order valence-electron chi connectivity index (χ1n) is 11.4. The Hall–Kier alpha value is -4.25. The largest absolute Gasteiger partial charge is 0.497 e. The summed E-state index contributed by atoms with van der Waals surface area (Å²) in [4.78, 5) is 16.1. The van der Waals surface area contributed by atoms with Crippen molar-refractivity contribution in [3.8, 4) is 17.2 Å².